The molecular weight excluding hydrogens is 308 g/mol. The van der Waals surface area contributed by atoms with E-state index in [1.165, 1.54) is 12.1 Å². The highest BCUT2D eigenvalue weighted by molar-refractivity contribution is 7.85. The monoisotopic (exact) mass is 334 g/mol. The van der Waals surface area contributed by atoms with Crippen LogP contribution in [0.4, 0.5) is 0 Å². The minimum absolute atomic E-state index is 0.0666. The molecule has 22 heavy (non-hydrogen) atoms. The van der Waals surface area contributed by atoms with Crippen molar-refractivity contribution in [2.45, 2.75) is 37.9 Å². The number of benzene rings is 1. The zero-order valence-corrected chi connectivity index (χ0v) is 14.6. The van der Waals surface area contributed by atoms with Crippen LogP contribution >= 0.6 is 0 Å². The molecule has 0 bridgehead atoms. The normalized spacial score (nSPS) is 13.9. The van der Waals surface area contributed by atoms with Crippen molar-refractivity contribution in [3.05, 3.63) is 29.8 Å². The molecule has 1 N–H and O–H groups in total. The summed E-state index contributed by atoms with van der Waals surface area (Å²) in [5, 5.41) is 0. The van der Waals surface area contributed by atoms with Crippen LogP contribution in [0.25, 0.3) is 0 Å². The Balaban J connectivity index is 0.000000401. The number of hydrogen-bond donors (Lipinski definition) is 1. The van der Waals surface area contributed by atoms with E-state index in [4.69, 9.17) is 18.8 Å². The third kappa shape index (κ3) is 9.86. The molecule has 0 saturated carbocycles. The van der Waals surface area contributed by atoms with E-state index in [2.05, 4.69) is 0 Å². The van der Waals surface area contributed by atoms with E-state index in [0.717, 1.165) is 5.56 Å². The van der Waals surface area contributed by atoms with Crippen LogP contribution in [0.3, 0.4) is 0 Å². The quantitative estimate of drug-likeness (QED) is 0.771. The first kappa shape index (κ1) is 21.0. The van der Waals surface area contributed by atoms with Gasteiger partial charge in [-0.25, -0.2) is 0 Å². The smallest absolute Gasteiger partial charge is 0.294 e. The van der Waals surface area contributed by atoms with E-state index in [9.17, 15) is 8.42 Å². The molecule has 0 heterocycles. The second-order valence-corrected chi connectivity index (χ2v) is 6.34. The Hall–Kier alpha value is -0.990. The lowest BCUT2D eigenvalue weighted by Crippen LogP contribution is -2.20. The number of ether oxygens (including phenoxy) is 3. The van der Waals surface area contributed by atoms with Crippen LogP contribution in [0.5, 0.6) is 0 Å². The molecule has 0 aliphatic carbocycles. The van der Waals surface area contributed by atoms with Gasteiger partial charge in [-0.05, 0) is 32.9 Å². The summed E-state index contributed by atoms with van der Waals surface area (Å²) in [4.78, 5) is -0.0666. The average molecular weight is 334 g/mol. The fourth-order valence-electron chi connectivity index (χ4n) is 1.25. The van der Waals surface area contributed by atoms with Gasteiger partial charge in [-0.2, -0.15) is 8.42 Å². The first-order valence-electron chi connectivity index (χ1n) is 6.88. The standard InChI is InChI=1S/C8H18O3.C7H8O3S/c1-7(9-3)5-11-6-8(2)10-4;1-6-2-4-7(5-3-6)11(8,9)10/h7-8H,5-6H2,1-4H3;2-5H,1H3,(H,8,9,10). The molecule has 0 aromatic heterocycles. The summed E-state index contributed by atoms with van der Waals surface area (Å²) >= 11 is 0. The average Bonchev–Trinajstić information content (AvgIpc) is 2.47. The van der Waals surface area contributed by atoms with Crippen LogP contribution in [0.15, 0.2) is 29.2 Å². The minimum atomic E-state index is -4.02. The molecule has 0 amide bonds. The fraction of sp³-hybridized carbons (Fsp3) is 0.600. The lowest BCUT2D eigenvalue weighted by molar-refractivity contribution is -0.0237. The minimum Gasteiger partial charge on any atom is -0.379 e. The Morgan fingerprint density at radius 2 is 1.41 bits per heavy atom. The van der Waals surface area contributed by atoms with Gasteiger partial charge in [0.25, 0.3) is 10.1 Å². The van der Waals surface area contributed by atoms with E-state index < -0.39 is 10.1 Å². The largest absolute Gasteiger partial charge is 0.379 e. The summed E-state index contributed by atoms with van der Waals surface area (Å²) in [6, 6.07) is 5.99. The van der Waals surface area contributed by atoms with Gasteiger partial charge in [0.05, 0.1) is 30.3 Å². The molecule has 0 fully saturated rings. The summed E-state index contributed by atoms with van der Waals surface area (Å²) in [5.74, 6) is 0. The molecule has 1 aromatic carbocycles. The Kier molecular flexibility index (Phi) is 10.2. The highest BCUT2D eigenvalue weighted by atomic mass is 32.2. The predicted molar refractivity (Wildman–Crippen MR) is 84.8 cm³/mol. The molecule has 1 aromatic rings. The molecule has 2 unspecified atom stereocenters. The van der Waals surface area contributed by atoms with Crippen molar-refractivity contribution in [2.75, 3.05) is 27.4 Å². The third-order valence-electron chi connectivity index (χ3n) is 2.83. The van der Waals surface area contributed by atoms with Crippen molar-refractivity contribution in [3.8, 4) is 0 Å². The van der Waals surface area contributed by atoms with Crippen molar-refractivity contribution < 1.29 is 27.2 Å². The van der Waals surface area contributed by atoms with E-state index in [-0.39, 0.29) is 17.1 Å². The van der Waals surface area contributed by atoms with E-state index in [1.54, 1.807) is 26.4 Å². The van der Waals surface area contributed by atoms with Gasteiger partial charge in [0.1, 0.15) is 0 Å². The molecule has 2 atom stereocenters. The molecular formula is C15H26O6S. The van der Waals surface area contributed by atoms with Gasteiger partial charge in [-0.15, -0.1) is 0 Å². The zero-order chi connectivity index (χ0) is 17.2. The number of methoxy groups -OCH3 is 2. The Labute approximate surface area is 133 Å². The molecule has 128 valence electrons. The van der Waals surface area contributed by atoms with Crippen molar-refractivity contribution in [1.82, 2.24) is 0 Å². The maximum absolute atomic E-state index is 10.5. The number of aryl methyl sites for hydroxylation is 1. The van der Waals surface area contributed by atoms with Crippen LogP contribution in [0, 0.1) is 6.92 Å². The summed E-state index contributed by atoms with van der Waals surface area (Å²) in [6.07, 6.45) is 0.332. The second-order valence-electron chi connectivity index (χ2n) is 4.92. The van der Waals surface area contributed by atoms with E-state index >= 15 is 0 Å². The van der Waals surface area contributed by atoms with Crippen LogP contribution in [-0.4, -0.2) is 52.6 Å². The predicted octanol–water partition coefficient (Wildman–Crippen LogP) is 2.31. The highest BCUT2D eigenvalue weighted by Crippen LogP contribution is 2.08. The summed E-state index contributed by atoms with van der Waals surface area (Å²) in [6.45, 7) is 7.04. The van der Waals surface area contributed by atoms with Gasteiger partial charge in [-0.1, -0.05) is 17.7 Å². The fourth-order valence-corrected chi connectivity index (χ4v) is 1.73. The van der Waals surface area contributed by atoms with Gasteiger partial charge in [0.2, 0.25) is 0 Å². The lowest BCUT2D eigenvalue weighted by Gasteiger charge is -2.13. The first-order valence-corrected chi connectivity index (χ1v) is 8.32. The van der Waals surface area contributed by atoms with Gasteiger partial charge < -0.3 is 14.2 Å². The van der Waals surface area contributed by atoms with Crippen LogP contribution in [-0.2, 0) is 24.3 Å². The van der Waals surface area contributed by atoms with Crippen LogP contribution in [0.2, 0.25) is 0 Å². The number of hydrogen-bond acceptors (Lipinski definition) is 5. The summed E-state index contributed by atoms with van der Waals surface area (Å²) in [7, 11) is -0.671. The topological polar surface area (TPSA) is 82.1 Å². The van der Waals surface area contributed by atoms with Crippen molar-refractivity contribution in [2.24, 2.45) is 0 Å². The highest BCUT2D eigenvalue weighted by Gasteiger charge is 2.06. The van der Waals surface area contributed by atoms with Crippen molar-refractivity contribution in [3.63, 3.8) is 0 Å². The van der Waals surface area contributed by atoms with Crippen LogP contribution in [0.1, 0.15) is 19.4 Å². The summed E-state index contributed by atoms with van der Waals surface area (Å²) in [5.41, 5.74) is 0.956. The maximum atomic E-state index is 10.5. The molecule has 0 aliphatic heterocycles. The molecule has 1 rings (SSSR count). The zero-order valence-electron chi connectivity index (χ0n) is 13.8. The first-order chi connectivity index (χ1) is 10.2. The van der Waals surface area contributed by atoms with Crippen molar-refractivity contribution in [1.29, 1.82) is 0 Å². The Morgan fingerprint density at radius 3 is 1.73 bits per heavy atom. The van der Waals surface area contributed by atoms with Gasteiger partial charge in [0.15, 0.2) is 0 Å². The van der Waals surface area contributed by atoms with Gasteiger partial charge in [0, 0.05) is 14.2 Å². The van der Waals surface area contributed by atoms with Crippen LogP contribution < -0.4 is 0 Å². The van der Waals surface area contributed by atoms with E-state index in [0.29, 0.717) is 13.2 Å². The number of rotatable bonds is 7. The SMILES string of the molecule is COC(C)COCC(C)OC.Cc1ccc(S(=O)(=O)O)cc1. The molecule has 0 radical (unpaired) electrons. The Bertz CT molecular complexity index is 487. The lowest BCUT2D eigenvalue weighted by atomic mass is 10.2. The maximum Gasteiger partial charge on any atom is 0.294 e. The Morgan fingerprint density at radius 1 is 1.00 bits per heavy atom. The van der Waals surface area contributed by atoms with E-state index in [1.807, 2.05) is 20.8 Å². The second kappa shape index (κ2) is 10.7. The summed E-state index contributed by atoms with van der Waals surface area (Å²) < 4.78 is 44.8. The third-order valence-corrected chi connectivity index (χ3v) is 3.70. The molecule has 0 saturated heterocycles. The van der Waals surface area contributed by atoms with Gasteiger partial charge in [-0.3, -0.25) is 4.55 Å². The van der Waals surface area contributed by atoms with Gasteiger partial charge >= 0.3 is 0 Å². The van der Waals surface area contributed by atoms with Crippen molar-refractivity contribution >= 4 is 10.1 Å². The molecule has 6 nitrogen and oxygen atoms in total. The molecule has 0 aliphatic rings. The molecule has 0 spiro atoms. The molecule has 7 heteroatoms.